The Morgan fingerprint density at radius 2 is 2.06 bits per heavy atom. The van der Waals surface area contributed by atoms with E-state index in [0.29, 0.717) is 10.0 Å². The Hall–Kier alpha value is -0.800. The number of halogens is 1. The van der Waals surface area contributed by atoms with Crippen LogP contribution in [0.1, 0.15) is 26.3 Å². The number of benzene rings is 1. The molecule has 0 saturated carbocycles. The topological polar surface area (TPSA) is 38.0 Å². The van der Waals surface area contributed by atoms with Gasteiger partial charge in [-0.2, -0.15) is 0 Å². The van der Waals surface area contributed by atoms with Crippen LogP contribution >= 0.6 is 23.8 Å². The maximum absolute atomic E-state index is 6.07. The molecule has 0 radical (unpaired) electrons. The van der Waals surface area contributed by atoms with Crippen LogP contribution in [0.3, 0.4) is 0 Å². The highest BCUT2D eigenvalue weighted by Crippen LogP contribution is 2.22. The molecule has 3 N–H and O–H groups in total. The molecule has 0 aromatic heterocycles. The molecule has 0 heterocycles. The van der Waals surface area contributed by atoms with Gasteiger partial charge in [0.15, 0.2) is 0 Å². The average molecular weight is 257 g/mol. The van der Waals surface area contributed by atoms with E-state index in [9.17, 15) is 0 Å². The molecule has 1 aromatic rings. The highest BCUT2D eigenvalue weighted by atomic mass is 35.5. The SMILES string of the molecule is CC(C)(C)CNc1ccc(C(N)=S)c(Cl)c1. The van der Waals surface area contributed by atoms with Crippen molar-refractivity contribution in [1.29, 1.82) is 0 Å². The molecule has 0 unspecified atom stereocenters. The second-order valence-electron chi connectivity index (χ2n) is 4.97. The van der Waals surface area contributed by atoms with Crippen molar-refractivity contribution in [1.82, 2.24) is 0 Å². The van der Waals surface area contributed by atoms with Gasteiger partial charge in [-0.1, -0.05) is 44.6 Å². The molecule has 0 aliphatic carbocycles. The van der Waals surface area contributed by atoms with Gasteiger partial charge < -0.3 is 11.1 Å². The van der Waals surface area contributed by atoms with Crippen molar-refractivity contribution < 1.29 is 0 Å². The number of nitrogens with two attached hydrogens (primary N) is 1. The van der Waals surface area contributed by atoms with Crippen LogP contribution in [-0.2, 0) is 0 Å². The predicted octanol–water partition coefficient (Wildman–Crippen LogP) is 3.43. The first-order valence-electron chi connectivity index (χ1n) is 5.13. The van der Waals surface area contributed by atoms with E-state index in [1.165, 1.54) is 0 Å². The fourth-order valence-electron chi connectivity index (χ4n) is 1.19. The van der Waals surface area contributed by atoms with E-state index in [2.05, 4.69) is 26.1 Å². The monoisotopic (exact) mass is 256 g/mol. The molecule has 0 amide bonds. The van der Waals surface area contributed by atoms with Gasteiger partial charge in [0, 0.05) is 17.8 Å². The molecule has 0 spiro atoms. The lowest BCUT2D eigenvalue weighted by atomic mass is 9.97. The number of rotatable bonds is 3. The largest absolute Gasteiger partial charge is 0.389 e. The lowest BCUT2D eigenvalue weighted by Crippen LogP contribution is -2.19. The van der Waals surface area contributed by atoms with Gasteiger partial charge in [-0.3, -0.25) is 0 Å². The minimum Gasteiger partial charge on any atom is -0.389 e. The van der Waals surface area contributed by atoms with Crippen LogP contribution in [0, 0.1) is 5.41 Å². The lowest BCUT2D eigenvalue weighted by Gasteiger charge is -2.20. The van der Waals surface area contributed by atoms with E-state index >= 15 is 0 Å². The molecule has 0 saturated heterocycles. The van der Waals surface area contributed by atoms with Crippen molar-refractivity contribution >= 4 is 34.5 Å². The van der Waals surface area contributed by atoms with Crippen molar-refractivity contribution in [3.05, 3.63) is 28.8 Å². The van der Waals surface area contributed by atoms with E-state index in [1.807, 2.05) is 18.2 Å². The maximum Gasteiger partial charge on any atom is 0.105 e. The predicted molar refractivity (Wildman–Crippen MR) is 75.3 cm³/mol. The van der Waals surface area contributed by atoms with Crippen molar-refractivity contribution in [2.24, 2.45) is 11.1 Å². The van der Waals surface area contributed by atoms with E-state index in [1.54, 1.807) is 0 Å². The van der Waals surface area contributed by atoms with E-state index < -0.39 is 0 Å². The second kappa shape index (κ2) is 5.02. The Kier molecular flexibility index (Phi) is 4.16. The molecule has 88 valence electrons. The first-order valence-corrected chi connectivity index (χ1v) is 5.91. The minimum absolute atomic E-state index is 0.230. The first-order chi connectivity index (χ1) is 7.29. The highest BCUT2D eigenvalue weighted by Gasteiger charge is 2.10. The van der Waals surface area contributed by atoms with Crippen LogP contribution in [0.5, 0.6) is 0 Å². The third-order valence-electron chi connectivity index (χ3n) is 2.06. The van der Waals surface area contributed by atoms with Gasteiger partial charge in [-0.05, 0) is 23.6 Å². The number of hydrogen-bond acceptors (Lipinski definition) is 2. The molecule has 0 fully saturated rings. The summed E-state index contributed by atoms with van der Waals surface area (Å²) in [4.78, 5) is 0.326. The van der Waals surface area contributed by atoms with Crippen molar-refractivity contribution in [2.45, 2.75) is 20.8 Å². The molecule has 0 atom stereocenters. The fraction of sp³-hybridized carbons (Fsp3) is 0.417. The summed E-state index contributed by atoms with van der Waals surface area (Å²) in [6.45, 7) is 7.40. The lowest BCUT2D eigenvalue weighted by molar-refractivity contribution is 0.443. The average Bonchev–Trinajstić information content (AvgIpc) is 2.13. The molecule has 0 aliphatic rings. The van der Waals surface area contributed by atoms with Crippen LogP contribution in [0.15, 0.2) is 18.2 Å². The molecular weight excluding hydrogens is 240 g/mol. The Morgan fingerprint density at radius 1 is 1.44 bits per heavy atom. The Labute approximate surface area is 107 Å². The third kappa shape index (κ3) is 3.99. The number of anilines is 1. The summed E-state index contributed by atoms with van der Waals surface area (Å²) in [5, 5.41) is 3.91. The van der Waals surface area contributed by atoms with E-state index in [4.69, 9.17) is 29.6 Å². The second-order valence-corrected chi connectivity index (χ2v) is 5.82. The van der Waals surface area contributed by atoms with Crippen molar-refractivity contribution in [3.63, 3.8) is 0 Å². The van der Waals surface area contributed by atoms with Crippen LogP contribution in [0.25, 0.3) is 0 Å². The zero-order valence-corrected chi connectivity index (χ0v) is 11.4. The van der Waals surface area contributed by atoms with E-state index in [-0.39, 0.29) is 5.41 Å². The summed E-state index contributed by atoms with van der Waals surface area (Å²) >= 11 is 11.0. The summed E-state index contributed by atoms with van der Waals surface area (Å²) in [6.07, 6.45) is 0. The summed E-state index contributed by atoms with van der Waals surface area (Å²) in [7, 11) is 0. The standard InChI is InChI=1S/C12H17ClN2S/c1-12(2,3)7-15-8-4-5-9(11(14)16)10(13)6-8/h4-6,15H,7H2,1-3H3,(H2,14,16). The van der Waals surface area contributed by atoms with Crippen molar-refractivity contribution in [2.75, 3.05) is 11.9 Å². The molecule has 0 aliphatic heterocycles. The Balaban J connectivity index is 2.78. The van der Waals surface area contributed by atoms with E-state index in [0.717, 1.165) is 17.8 Å². The zero-order chi connectivity index (χ0) is 12.3. The van der Waals surface area contributed by atoms with Gasteiger partial charge in [0.05, 0.1) is 5.02 Å². The quantitative estimate of drug-likeness (QED) is 0.814. The molecule has 4 heteroatoms. The van der Waals surface area contributed by atoms with Gasteiger partial charge in [0.1, 0.15) is 4.99 Å². The Morgan fingerprint density at radius 3 is 2.50 bits per heavy atom. The van der Waals surface area contributed by atoms with Gasteiger partial charge in [0.2, 0.25) is 0 Å². The maximum atomic E-state index is 6.07. The minimum atomic E-state index is 0.230. The molecule has 0 bridgehead atoms. The number of hydrogen-bond donors (Lipinski definition) is 2. The summed E-state index contributed by atoms with van der Waals surface area (Å²) < 4.78 is 0. The fourth-order valence-corrected chi connectivity index (χ4v) is 1.71. The smallest absolute Gasteiger partial charge is 0.105 e. The summed E-state index contributed by atoms with van der Waals surface area (Å²) in [5.74, 6) is 0. The number of thiocarbonyl (C=S) groups is 1. The summed E-state index contributed by atoms with van der Waals surface area (Å²) in [6, 6.07) is 5.63. The third-order valence-corrected chi connectivity index (χ3v) is 2.59. The molecule has 16 heavy (non-hydrogen) atoms. The molecule has 1 rings (SSSR count). The highest BCUT2D eigenvalue weighted by molar-refractivity contribution is 7.80. The van der Waals surface area contributed by atoms with Crippen LogP contribution in [0.4, 0.5) is 5.69 Å². The molecular formula is C12H17ClN2S. The Bertz CT molecular complexity index is 396. The van der Waals surface area contributed by atoms with Gasteiger partial charge in [0.25, 0.3) is 0 Å². The van der Waals surface area contributed by atoms with Crippen LogP contribution in [-0.4, -0.2) is 11.5 Å². The number of nitrogens with one attached hydrogen (secondary N) is 1. The van der Waals surface area contributed by atoms with Gasteiger partial charge in [-0.25, -0.2) is 0 Å². The van der Waals surface area contributed by atoms with Gasteiger partial charge >= 0.3 is 0 Å². The zero-order valence-electron chi connectivity index (χ0n) is 9.80. The first kappa shape index (κ1) is 13.3. The summed E-state index contributed by atoms with van der Waals surface area (Å²) in [5.41, 5.74) is 7.47. The molecule has 2 nitrogen and oxygen atoms in total. The van der Waals surface area contributed by atoms with Crippen molar-refractivity contribution in [3.8, 4) is 0 Å². The van der Waals surface area contributed by atoms with Crippen LogP contribution < -0.4 is 11.1 Å². The van der Waals surface area contributed by atoms with Crippen LogP contribution in [0.2, 0.25) is 5.02 Å². The molecule has 1 aromatic carbocycles. The normalized spacial score (nSPS) is 11.2. The van der Waals surface area contributed by atoms with Gasteiger partial charge in [-0.15, -0.1) is 0 Å².